The van der Waals surface area contributed by atoms with Crippen LogP contribution in [-0.2, 0) is 22.6 Å². The van der Waals surface area contributed by atoms with Crippen LogP contribution in [0.1, 0.15) is 52.1 Å². The smallest absolute Gasteiger partial charge is 0.407 e. The molecule has 0 aliphatic carbocycles. The minimum Gasteiger partial charge on any atom is -0.444 e. The molecule has 1 aromatic carbocycles. The average Bonchev–Trinajstić information content (AvgIpc) is 3.09. The number of hydrogen-bond acceptors (Lipinski definition) is 6. The molecule has 2 heterocycles. The Bertz CT molecular complexity index is 1060. The van der Waals surface area contributed by atoms with Gasteiger partial charge in [0.1, 0.15) is 23.8 Å². The maximum absolute atomic E-state index is 11.8. The lowest BCUT2D eigenvalue weighted by Crippen LogP contribution is -2.33. The number of ether oxygens (including phenoxy) is 3. The number of nitrogens with one attached hydrogen (secondary N) is 1. The lowest BCUT2D eigenvalue weighted by molar-refractivity contribution is 0.0527. The highest BCUT2D eigenvalue weighted by atomic mass is 16.6. The van der Waals surface area contributed by atoms with Crippen molar-refractivity contribution in [3.05, 3.63) is 47.9 Å². The lowest BCUT2D eigenvalue weighted by atomic mass is 10.2. The number of rotatable bonds is 10. The number of aromatic nitrogens is 3. The Hall–Kier alpha value is -3.13. The summed E-state index contributed by atoms with van der Waals surface area (Å²) >= 11 is 0. The fraction of sp³-hybridized carbons (Fsp3) is 0.480. The summed E-state index contributed by atoms with van der Waals surface area (Å²) < 4.78 is 19.2. The molecule has 0 unspecified atom stereocenters. The molecule has 0 radical (unpaired) electrons. The molecule has 0 saturated heterocycles. The summed E-state index contributed by atoms with van der Waals surface area (Å²) in [5.41, 5.74) is 2.03. The summed E-state index contributed by atoms with van der Waals surface area (Å²) in [5.74, 6) is 2.03. The summed E-state index contributed by atoms with van der Waals surface area (Å²) in [7, 11) is 0. The predicted octanol–water partition coefficient (Wildman–Crippen LogP) is 5.37. The van der Waals surface area contributed by atoms with E-state index in [9.17, 15) is 4.79 Å². The zero-order valence-corrected chi connectivity index (χ0v) is 20.2. The number of fused-ring (bicyclic) bond motifs is 1. The molecule has 1 amide bonds. The maximum Gasteiger partial charge on any atom is 0.407 e. The summed E-state index contributed by atoms with van der Waals surface area (Å²) in [5, 5.41) is 2.81. The fourth-order valence-electron chi connectivity index (χ4n) is 3.38. The number of benzene rings is 1. The van der Waals surface area contributed by atoms with Crippen molar-refractivity contribution >= 4 is 17.1 Å². The molecule has 1 N–H and O–H groups in total. The second-order valence-corrected chi connectivity index (χ2v) is 8.80. The summed E-state index contributed by atoms with van der Waals surface area (Å²) in [6.45, 7) is 11.8. The molecule has 2 aromatic heterocycles. The van der Waals surface area contributed by atoms with Crippen molar-refractivity contribution in [1.82, 2.24) is 19.9 Å². The largest absolute Gasteiger partial charge is 0.444 e. The Labute approximate surface area is 195 Å². The van der Waals surface area contributed by atoms with E-state index in [0.717, 1.165) is 36.4 Å². The number of hydrogen-bond donors (Lipinski definition) is 1. The van der Waals surface area contributed by atoms with Crippen molar-refractivity contribution in [3.63, 3.8) is 0 Å². The van der Waals surface area contributed by atoms with E-state index in [2.05, 4.69) is 14.9 Å². The molecule has 0 aliphatic heterocycles. The van der Waals surface area contributed by atoms with Crippen LogP contribution in [-0.4, -0.2) is 39.4 Å². The van der Waals surface area contributed by atoms with Crippen LogP contribution in [0.4, 0.5) is 4.79 Å². The summed E-state index contributed by atoms with van der Waals surface area (Å²) in [4.78, 5) is 21.2. The first-order valence-electron chi connectivity index (χ1n) is 11.4. The minimum absolute atomic E-state index is 0.392. The number of carbonyl (C=O) groups is 1. The van der Waals surface area contributed by atoms with E-state index >= 15 is 0 Å². The first kappa shape index (κ1) is 24.5. The summed E-state index contributed by atoms with van der Waals surface area (Å²) in [6, 6.07) is 11.6. The Morgan fingerprint density at radius 1 is 1.12 bits per heavy atom. The van der Waals surface area contributed by atoms with Crippen molar-refractivity contribution in [1.29, 1.82) is 0 Å². The van der Waals surface area contributed by atoms with E-state index in [1.165, 1.54) is 0 Å². The number of imidazole rings is 1. The van der Waals surface area contributed by atoms with Gasteiger partial charge in [-0.3, -0.25) is 0 Å². The molecule has 178 valence electrons. The first-order valence-corrected chi connectivity index (χ1v) is 11.4. The highest BCUT2D eigenvalue weighted by Crippen LogP contribution is 2.29. The zero-order chi connectivity index (χ0) is 23.8. The number of para-hydroxylation sites is 1. The topological polar surface area (TPSA) is 87.5 Å². The van der Waals surface area contributed by atoms with Gasteiger partial charge in [0, 0.05) is 25.4 Å². The number of amides is 1. The average molecular weight is 455 g/mol. The van der Waals surface area contributed by atoms with E-state index in [0.29, 0.717) is 36.9 Å². The number of nitrogens with zero attached hydrogens (tertiary/aromatic N) is 3. The molecule has 3 rings (SSSR count). The van der Waals surface area contributed by atoms with Crippen molar-refractivity contribution in [2.75, 3.05) is 13.2 Å². The molecule has 33 heavy (non-hydrogen) atoms. The monoisotopic (exact) mass is 454 g/mol. The van der Waals surface area contributed by atoms with Gasteiger partial charge in [0.25, 0.3) is 0 Å². The van der Waals surface area contributed by atoms with Crippen molar-refractivity contribution in [2.45, 2.75) is 66.2 Å². The van der Waals surface area contributed by atoms with Crippen LogP contribution in [0.2, 0.25) is 0 Å². The van der Waals surface area contributed by atoms with Crippen LogP contribution in [0.15, 0.2) is 36.4 Å². The Morgan fingerprint density at radius 2 is 1.88 bits per heavy atom. The van der Waals surface area contributed by atoms with Gasteiger partial charge in [0.05, 0.1) is 5.52 Å². The van der Waals surface area contributed by atoms with Crippen LogP contribution in [0.5, 0.6) is 11.6 Å². The van der Waals surface area contributed by atoms with Gasteiger partial charge >= 0.3 is 6.09 Å². The van der Waals surface area contributed by atoms with E-state index in [1.807, 2.05) is 71.0 Å². The Kier molecular flexibility index (Phi) is 8.27. The Morgan fingerprint density at radius 3 is 2.58 bits per heavy atom. The van der Waals surface area contributed by atoms with Gasteiger partial charge in [-0.05, 0) is 65.7 Å². The van der Waals surface area contributed by atoms with E-state index in [-0.39, 0.29) is 0 Å². The summed E-state index contributed by atoms with van der Waals surface area (Å²) in [6.07, 6.45) is 1.28. The number of aryl methyl sites for hydroxylation is 2. The third-order valence-corrected chi connectivity index (χ3v) is 4.78. The molecule has 0 saturated carbocycles. The molecule has 8 nitrogen and oxygen atoms in total. The second-order valence-electron chi connectivity index (χ2n) is 8.80. The number of pyridine rings is 1. The lowest BCUT2D eigenvalue weighted by Gasteiger charge is -2.19. The highest BCUT2D eigenvalue weighted by molar-refractivity contribution is 5.81. The number of alkyl carbamates (subject to hydrolysis) is 1. The molecule has 0 fully saturated rings. The fourth-order valence-corrected chi connectivity index (χ4v) is 3.38. The minimum atomic E-state index is -0.501. The molecule has 0 spiro atoms. The van der Waals surface area contributed by atoms with Gasteiger partial charge in [-0.2, -0.15) is 0 Å². The quantitative estimate of drug-likeness (QED) is 0.414. The maximum atomic E-state index is 11.8. The number of unbranched alkanes of at least 4 members (excludes halogenated alkanes) is 1. The molecule has 0 aliphatic rings. The third-order valence-electron chi connectivity index (χ3n) is 4.78. The molecule has 0 atom stereocenters. The SMILES string of the molecule is CCOCc1nc2c(Oc3ccccc3)nc(C)cc2n1CCCCNC(=O)OC(C)(C)C. The van der Waals surface area contributed by atoms with Crippen LogP contribution in [0.25, 0.3) is 11.0 Å². The van der Waals surface area contributed by atoms with Gasteiger partial charge in [-0.15, -0.1) is 0 Å². The van der Waals surface area contributed by atoms with E-state index in [1.54, 1.807) is 0 Å². The third kappa shape index (κ3) is 7.18. The normalized spacial score (nSPS) is 11.5. The number of carbonyl (C=O) groups excluding carboxylic acids is 1. The van der Waals surface area contributed by atoms with Crippen LogP contribution in [0, 0.1) is 6.92 Å². The van der Waals surface area contributed by atoms with Gasteiger partial charge in [-0.1, -0.05) is 18.2 Å². The van der Waals surface area contributed by atoms with Gasteiger partial charge < -0.3 is 24.1 Å². The second kappa shape index (κ2) is 11.1. The molecule has 8 heteroatoms. The Balaban J connectivity index is 1.74. The standard InChI is InChI=1S/C25H34N4O4/c1-6-31-17-21-28-22-20(16-18(2)27-23(22)32-19-12-8-7-9-13-19)29(21)15-11-10-14-26-24(30)33-25(3,4)5/h7-9,12-13,16H,6,10-11,14-15,17H2,1-5H3,(H,26,30). The van der Waals surface area contributed by atoms with Crippen LogP contribution < -0.4 is 10.1 Å². The molecular formula is C25H34N4O4. The molecule has 3 aromatic rings. The van der Waals surface area contributed by atoms with Crippen molar-refractivity contribution in [3.8, 4) is 11.6 Å². The van der Waals surface area contributed by atoms with Crippen LogP contribution in [0.3, 0.4) is 0 Å². The van der Waals surface area contributed by atoms with Gasteiger partial charge in [0.2, 0.25) is 5.88 Å². The van der Waals surface area contributed by atoms with Gasteiger partial charge in [-0.25, -0.2) is 14.8 Å². The highest BCUT2D eigenvalue weighted by Gasteiger charge is 2.18. The van der Waals surface area contributed by atoms with Crippen molar-refractivity contribution in [2.24, 2.45) is 0 Å². The van der Waals surface area contributed by atoms with Crippen LogP contribution >= 0.6 is 0 Å². The van der Waals surface area contributed by atoms with E-state index in [4.69, 9.17) is 19.2 Å². The molecule has 0 bridgehead atoms. The first-order chi connectivity index (χ1) is 15.8. The zero-order valence-electron chi connectivity index (χ0n) is 20.2. The van der Waals surface area contributed by atoms with Gasteiger partial charge in [0.15, 0.2) is 5.52 Å². The predicted molar refractivity (Wildman–Crippen MR) is 128 cm³/mol. The van der Waals surface area contributed by atoms with E-state index < -0.39 is 11.7 Å². The molecular weight excluding hydrogens is 420 g/mol. The van der Waals surface area contributed by atoms with Crippen molar-refractivity contribution < 1.29 is 19.0 Å².